The van der Waals surface area contributed by atoms with E-state index in [1.54, 1.807) is 24.3 Å². The minimum absolute atomic E-state index is 0.00661. The van der Waals surface area contributed by atoms with E-state index >= 15 is 0 Å². The van der Waals surface area contributed by atoms with Crippen molar-refractivity contribution in [3.63, 3.8) is 0 Å². The molecule has 0 amide bonds. The summed E-state index contributed by atoms with van der Waals surface area (Å²) >= 11 is 0. The number of ether oxygens (including phenoxy) is 1. The minimum atomic E-state index is -0.323. The number of esters is 1. The standard InChI is InChI=1S/C13H18N2O2/c1-2-3-4-9-17-13(16)11-7-5-10(6-8-11)12(14)15/h5-8H,2-4,9H2,1H3,(H3,14,15). The number of hydrogen-bond donors (Lipinski definition) is 2. The Morgan fingerprint density at radius 2 is 1.82 bits per heavy atom. The number of unbranched alkanes of at least 4 members (excludes halogenated alkanes) is 2. The van der Waals surface area contributed by atoms with Gasteiger partial charge in [0.1, 0.15) is 5.84 Å². The fourth-order valence-electron chi connectivity index (χ4n) is 1.39. The van der Waals surface area contributed by atoms with Crippen LogP contribution in [0.15, 0.2) is 24.3 Å². The van der Waals surface area contributed by atoms with Crippen LogP contribution in [0.2, 0.25) is 0 Å². The van der Waals surface area contributed by atoms with Gasteiger partial charge in [-0.05, 0) is 18.6 Å². The lowest BCUT2D eigenvalue weighted by molar-refractivity contribution is 0.0498. The van der Waals surface area contributed by atoms with Crippen molar-refractivity contribution in [2.45, 2.75) is 26.2 Å². The first kappa shape index (κ1) is 13.2. The van der Waals surface area contributed by atoms with Crippen molar-refractivity contribution in [1.29, 1.82) is 5.41 Å². The molecule has 0 radical (unpaired) electrons. The Kier molecular flexibility index (Phi) is 5.20. The maximum atomic E-state index is 11.6. The minimum Gasteiger partial charge on any atom is -0.462 e. The van der Waals surface area contributed by atoms with Gasteiger partial charge in [0.15, 0.2) is 0 Å². The lowest BCUT2D eigenvalue weighted by Crippen LogP contribution is -2.12. The van der Waals surface area contributed by atoms with Gasteiger partial charge in [-0.2, -0.15) is 0 Å². The van der Waals surface area contributed by atoms with Crippen LogP contribution in [0.3, 0.4) is 0 Å². The fraction of sp³-hybridized carbons (Fsp3) is 0.385. The molecule has 0 unspecified atom stereocenters. The Morgan fingerprint density at radius 3 is 2.35 bits per heavy atom. The summed E-state index contributed by atoms with van der Waals surface area (Å²) < 4.78 is 5.11. The molecule has 0 aliphatic rings. The van der Waals surface area contributed by atoms with E-state index in [2.05, 4.69) is 6.92 Å². The largest absolute Gasteiger partial charge is 0.462 e. The van der Waals surface area contributed by atoms with Crippen molar-refractivity contribution in [2.24, 2.45) is 5.73 Å². The number of amidine groups is 1. The summed E-state index contributed by atoms with van der Waals surface area (Å²) in [7, 11) is 0. The summed E-state index contributed by atoms with van der Waals surface area (Å²) in [5, 5.41) is 7.23. The van der Waals surface area contributed by atoms with E-state index in [0.717, 1.165) is 19.3 Å². The SMILES string of the molecule is CCCCCOC(=O)c1ccc(C(=N)N)cc1. The predicted molar refractivity (Wildman–Crippen MR) is 67.3 cm³/mol. The molecule has 0 atom stereocenters. The van der Waals surface area contributed by atoms with Crippen molar-refractivity contribution in [1.82, 2.24) is 0 Å². The second-order valence-corrected chi connectivity index (χ2v) is 3.83. The van der Waals surface area contributed by atoms with Crippen LogP contribution in [0, 0.1) is 5.41 Å². The van der Waals surface area contributed by atoms with Crippen molar-refractivity contribution in [2.75, 3.05) is 6.61 Å². The average Bonchev–Trinajstić information content (AvgIpc) is 2.34. The number of nitrogens with two attached hydrogens (primary N) is 1. The van der Waals surface area contributed by atoms with Gasteiger partial charge in [0.2, 0.25) is 0 Å². The van der Waals surface area contributed by atoms with Crippen LogP contribution in [0.4, 0.5) is 0 Å². The molecular weight excluding hydrogens is 216 g/mol. The number of rotatable bonds is 6. The normalized spacial score (nSPS) is 9.94. The highest BCUT2D eigenvalue weighted by Crippen LogP contribution is 2.06. The van der Waals surface area contributed by atoms with Gasteiger partial charge in [0.05, 0.1) is 12.2 Å². The highest BCUT2D eigenvalue weighted by Gasteiger charge is 2.06. The van der Waals surface area contributed by atoms with E-state index in [-0.39, 0.29) is 11.8 Å². The molecule has 0 aliphatic heterocycles. The van der Waals surface area contributed by atoms with E-state index in [0.29, 0.717) is 17.7 Å². The van der Waals surface area contributed by atoms with Gasteiger partial charge in [0, 0.05) is 5.56 Å². The molecule has 0 saturated heterocycles. The van der Waals surface area contributed by atoms with E-state index in [1.165, 1.54) is 0 Å². The third-order valence-corrected chi connectivity index (χ3v) is 2.41. The first-order valence-electron chi connectivity index (χ1n) is 5.76. The summed E-state index contributed by atoms with van der Waals surface area (Å²) in [5.74, 6) is -0.330. The van der Waals surface area contributed by atoms with Crippen molar-refractivity contribution < 1.29 is 9.53 Å². The van der Waals surface area contributed by atoms with Crippen molar-refractivity contribution >= 4 is 11.8 Å². The molecule has 0 aromatic heterocycles. The number of nitrogen functional groups attached to an aromatic ring is 1. The Bertz CT molecular complexity index is 385. The molecule has 0 saturated carbocycles. The first-order valence-corrected chi connectivity index (χ1v) is 5.76. The number of carbonyl (C=O) groups is 1. The van der Waals surface area contributed by atoms with Crippen LogP contribution in [0.25, 0.3) is 0 Å². The lowest BCUT2D eigenvalue weighted by atomic mass is 10.1. The number of hydrogen-bond acceptors (Lipinski definition) is 3. The van der Waals surface area contributed by atoms with Crippen LogP contribution in [0.5, 0.6) is 0 Å². The van der Waals surface area contributed by atoms with Gasteiger partial charge in [-0.15, -0.1) is 0 Å². The Balaban J connectivity index is 2.49. The Labute approximate surface area is 101 Å². The zero-order valence-electron chi connectivity index (χ0n) is 10.0. The number of nitrogens with one attached hydrogen (secondary N) is 1. The van der Waals surface area contributed by atoms with Crippen LogP contribution in [-0.2, 0) is 4.74 Å². The molecule has 4 nitrogen and oxygen atoms in total. The molecule has 3 N–H and O–H groups in total. The molecule has 0 spiro atoms. The van der Waals surface area contributed by atoms with Crippen LogP contribution in [-0.4, -0.2) is 18.4 Å². The maximum Gasteiger partial charge on any atom is 0.338 e. The molecule has 1 aromatic carbocycles. The zero-order valence-corrected chi connectivity index (χ0v) is 10.0. The molecular formula is C13H18N2O2. The van der Waals surface area contributed by atoms with E-state index < -0.39 is 0 Å². The fourth-order valence-corrected chi connectivity index (χ4v) is 1.39. The Hall–Kier alpha value is -1.84. The van der Waals surface area contributed by atoms with Gasteiger partial charge in [-0.25, -0.2) is 4.79 Å². The molecule has 17 heavy (non-hydrogen) atoms. The summed E-state index contributed by atoms with van der Waals surface area (Å²) in [6.07, 6.45) is 3.06. The van der Waals surface area contributed by atoms with Gasteiger partial charge in [0.25, 0.3) is 0 Å². The molecule has 92 valence electrons. The highest BCUT2D eigenvalue weighted by atomic mass is 16.5. The molecule has 0 aliphatic carbocycles. The lowest BCUT2D eigenvalue weighted by Gasteiger charge is -2.05. The van der Waals surface area contributed by atoms with E-state index in [1.807, 2.05) is 0 Å². The van der Waals surface area contributed by atoms with Crippen molar-refractivity contribution in [3.05, 3.63) is 35.4 Å². The topological polar surface area (TPSA) is 76.2 Å². The van der Waals surface area contributed by atoms with Crippen molar-refractivity contribution in [3.8, 4) is 0 Å². The van der Waals surface area contributed by atoms with E-state index in [4.69, 9.17) is 15.9 Å². The summed E-state index contributed by atoms with van der Waals surface area (Å²) in [5.41, 5.74) is 6.42. The Morgan fingerprint density at radius 1 is 1.24 bits per heavy atom. The molecule has 1 rings (SSSR count). The molecule has 0 fully saturated rings. The van der Waals surface area contributed by atoms with Gasteiger partial charge in [-0.1, -0.05) is 31.9 Å². The zero-order chi connectivity index (χ0) is 12.7. The van der Waals surface area contributed by atoms with Crippen LogP contribution in [0.1, 0.15) is 42.1 Å². The quantitative estimate of drug-likeness (QED) is 0.343. The first-order chi connectivity index (χ1) is 8.15. The molecule has 0 heterocycles. The average molecular weight is 234 g/mol. The van der Waals surface area contributed by atoms with Gasteiger partial charge in [-0.3, -0.25) is 5.41 Å². The molecule has 1 aromatic rings. The monoisotopic (exact) mass is 234 g/mol. The van der Waals surface area contributed by atoms with Crippen LogP contribution < -0.4 is 5.73 Å². The summed E-state index contributed by atoms with van der Waals surface area (Å²) in [4.78, 5) is 11.6. The summed E-state index contributed by atoms with van der Waals surface area (Å²) in [6.45, 7) is 2.56. The summed E-state index contributed by atoms with van der Waals surface area (Å²) in [6, 6.07) is 6.54. The van der Waals surface area contributed by atoms with Gasteiger partial charge < -0.3 is 10.5 Å². The highest BCUT2D eigenvalue weighted by molar-refractivity contribution is 5.96. The third kappa shape index (κ3) is 4.26. The maximum absolute atomic E-state index is 11.6. The number of benzene rings is 1. The predicted octanol–water partition coefficient (Wildman–Crippen LogP) is 2.32. The smallest absolute Gasteiger partial charge is 0.338 e. The van der Waals surface area contributed by atoms with Crippen LogP contribution >= 0.6 is 0 Å². The van der Waals surface area contributed by atoms with Gasteiger partial charge >= 0.3 is 5.97 Å². The molecule has 4 heteroatoms. The van der Waals surface area contributed by atoms with E-state index in [9.17, 15) is 4.79 Å². The number of carbonyl (C=O) groups excluding carboxylic acids is 1. The molecule has 0 bridgehead atoms. The second kappa shape index (κ2) is 6.68. The third-order valence-electron chi connectivity index (χ3n) is 2.41. The second-order valence-electron chi connectivity index (χ2n) is 3.83.